The van der Waals surface area contributed by atoms with Gasteiger partial charge in [-0.05, 0) is 0 Å². The Bertz CT molecular complexity index is 105. The summed E-state index contributed by atoms with van der Waals surface area (Å²) in [5.74, 6) is 0. The van der Waals surface area contributed by atoms with Crippen LogP contribution >= 0.6 is 0 Å². The van der Waals surface area contributed by atoms with Crippen molar-refractivity contribution in [3.05, 3.63) is 0 Å². The average Bonchev–Trinajstić information content (AvgIpc) is 2.00. The summed E-state index contributed by atoms with van der Waals surface area (Å²) < 4.78 is 0. The number of carbonyl (C=O) groups excluding carboxylic acids is 1. The highest BCUT2D eigenvalue weighted by molar-refractivity contribution is 5.56. The lowest BCUT2D eigenvalue weighted by Gasteiger charge is -2.16. The van der Waals surface area contributed by atoms with Crippen LogP contribution in [0.15, 0.2) is 0 Å². The van der Waals surface area contributed by atoms with Gasteiger partial charge in [-0.15, -0.1) is 0 Å². The molecule has 5 heteroatoms. The standard InChI is InChI=1S/C5H10O5.CH4/c6-1-3(8)5(10)4(9)2-7;/h1,3-5,7-10H,2H2;1H4. The molecule has 0 bridgehead atoms. The van der Waals surface area contributed by atoms with E-state index in [-0.39, 0.29) is 13.7 Å². The van der Waals surface area contributed by atoms with Crippen molar-refractivity contribution in [3.63, 3.8) is 0 Å². The van der Waals surface area contributed by atoms with Crippen LogP contribution in [0.1, 0.15) is 7.43 Å². The molecule has 3 atom stereocenters. The summed E-state index contributed by atoms with van der Waals surface area (Å²) in [4.78, 5) is 9.76. The third kappa shape index (κ3) is 4.05. The van der Waals surface area contributed by atoms with Gasteiger partial charge in [0, 0.05) is 0 Å². The summed E-state index contributed by atoms with van der Waals surface area (Å²) in [5, 5.41) is 34.1. The van der Waals surface area contributed by atoms with Crippen LogP contribution in [-0.4, -0.2) is 51.6 Å². The smallest absolute Gasteiger partial charge is 0.151 e. The van der Waals surface area contributed by atoms with Crippen molar-refractivity contribution in [2.24, 2.45) is 0 Å². The quantitative estimate of drug-likeness (QED) is 0.358. The minimum absolute atomic E-state index is 0. The van der Waals surface area contributed by atoms with E-state index >= 15 is 0 Å². The van der Waals surface area contributed by atoms with E-state index in [4.69, 9.17) is 20.4 Å². The van der Waals surface area contributed by atoms with E-state index in [0.29, 0.717) is 0 Å². The second-order valence-corrected chi connectivity index (χ2v) is 1.87. The average molecular weight is 166 g/mol. The number of aliphatic hydroxyl groups excluding tert-OH is 4. The van der Waals surface area contributed by atoms with E-state index < -0.39 is 24.9 Å². The Morgan fingerprint density at radius 3 is 2.00 bits per heavy atom. The summed E-state index contributed by atoms with van der Waals surface area (Å²) in [5.41, 5.74) is 0. The molecule has 0 saturated heterocycles. The van der Waals surface area contributed by atoms with Gasteiger partial charge in [-0.3, -0.25) is 0 Å². The molecule has 4 N–H and O–H groups in total. The van der Waals surface area contributed by atoms with Gasteiger partial charge in [-0.2, -0.15) is 0 Å². The molecule has 0 amide bonds. The summed E-state index contributed by atoms with van der Waals surface area (Å²) >= 11 is 0. The van der Waals surface area contributed by atoms with E-state index in [0.717, 1.165) is 0 Å². The predicted octanol–water partition coefficient (Wildman–Crippen LogP) is -2.10. The number of aliphatic hydroxyl groups is 4. The fraction of sp³-hybridized carbons (Fsp3) is 0.833. The highest BCUT2D eigenvalue weighted by Gasteiger charge is 2.22. The Morgan fingerprint density at radius 1 is 1.27 bits per heavy atom. The number of rotatable bonds is 4. The van der Waals surface area contributed by atoms with Gasteiger partial charge in [0.05, 0.1) is 6.61 Å². The van der Waals surface area contributed by atoms with Crippen molar-refractivity contribution in [1.82, 2.24) is 0 Å². The molecule has 0 aromatic carbocycles. The third-order valence-corrected chi connectivity index (χ3v) is 1.07. The second-order valence-electron chi connectivity index (χ2n) is 1.87. The van der Waals surface area contributed by atoms with Crippen molar-refractivity contribution in [2.45, 2.75) is 25.7 Å². The minimum Gasteiger partial charge on any atom is -0.394 e. The number of hydrogen-bond donors (Lipinski definition) is 4. The van der Waals surface area contributed by atoms with E-state index in [2.05, 4.69) is 0 Å². The van der Waals surface area contributed by atoms with Crippen LogP contribution in [0.4, 0.5) is 0 Å². The van der Waals surface area contributed by atoms with Crippen molar-refractivity contribution in [2.75, 3.05) is 6.61 Å². The Morgan fingerprint density at radius 2 is 1.73 bits per heavy atom. The van der Waals surface area contributed by atoms with Crippen molar-refractivity contribution in [3.8, 4) is 0 Å². The second kappa shape index (κ2) is 6.23. The lowest BCUT2D eigenvalue weighted by Crippen LogP contribution is -2.40. The molecule has 0 spiro atoms. The zero-order chi connectivity index (χ0) is 8.15. The van der Waals surface area contributed by atoms with Crippen LogP contribution in [-0.2, 0) is 4.79 Å². The molecule has 0 radical (unpaired) electrons. The molecule has 5 nitrogen and oxygen atoms in total. The van der Waals surface area contributed by atoms with E-state index in [1.807, 2.05) is 0 Å². The molecule has 0 fully saturated rings. The van der Waals surface area contributed by atoms with E-state index in [1.54, 1.807) is 0 Å². The molecule has 11 heavy (non-hydrogen) atoms. The van der Waals surface area contributed by atoms with Gasteiger partial charge in [0.25, 0.3) is 0 Å². The van der Waals surface area contributed by atoms with Crippen molar-refractivity contribution in [1.29, 1.82) is 0 Å². The van der Waals surface area contributed by atoms with Crippen LogP contribution in [0.2, 0.25) is 0 Å². The molecule has 0 aliphatic carbocycles. The van der Waals surface area contributed by atoms with Gasteiger partial charge in [0.1, 0.15) is 18.3 Å². The van der Waals surface area contributed by atoms with Crippen LogP contribution in [0.25, 0.3) is 0 Å². The molecule has 0 heterocycles. The first kappa shape index (κ1) is 13.1. The number of carbonyl (C=O) groups is 1. The molecule has 0 aliphatic rings. The first-order valence-corrected chi connectivity index (χ1v) is 2.73. The highest BCUT2D eigenvalue weighted by atomic mass is 16.4. The lowest BCUT2D eigenvalue weighted by molar-refractivity contribution is -0.127. The molecule has 0 saturated carbocycles. The van der Waals surface area contributed by atoms with Gasteiger partial charge in [0.2, 0.25) is 0 Å². The first-order chi connectivity index (χ1) is 4.63. The van der Waals surface area contributed by atoms with Gasteiger partial charge in [-0.1, -0.05) is 7.43 Å². The van der Waals surface area contributed by atoms with Crippen LogP contribution in [0.5, 0.6) is 0 Å². The molecule has 0 aromatic rings. The van der Waals surface area contributed by atoms with Crippen molar-refractivity contribution >= 4 is 6.29 Å². The zero-order valence-electron chi connectivity index (χ0n) is 5.21. The molecule has 68 valence electrons. The number of hydrogen-bond acceptors (Lipinski definition) is 5. The molecule has 0 rings (SSSR count). The fourth-order valence-electron chi connectivity index (χ4n) is 0.416. The Kier molecular flexibility index (Phi) is 7.44. The maximum Gasteiger partial charge on any atom is 0.151 e. The SMILES string of the molecule is C.O=CC(O)C(O)C(O)CO. The summed E-state index contributed by atoms with van der Waals surface area (Å²) in [7, 11) is 0. The molecule has 0 aliphatic heterocycles. The van der Waals surface area contributed by atoms with E-state index in [1.165, 1.54) is 0 Å². The zero-order valence-corrected chi connectivity index (χ0v) is 5.21. The van der Waals surface area contributed by atoms with E-state index in [9.17, 15) is 4.79 Å². The molecule has 3 unspecified atom stereocenters. The van der Waals surface area contributed by atoms with Gasteiger partial charge < -0.3 is 25.2 Å². The topological polar surface area (TPSA) is 98.0 Å². The lowest BCUT2D eigenvalue weighted by atomic mass is 10.1. The summed E-state index contributed by atoms with van der Waals surface area (Å²) in [6.07, 6.45) is -4.63. The monoisotopic (exact) mass is 166 g/mol. The first-order valence-electron chi connectivity index (χ1n) is 2.73. The van der Waals surface area contributed by atoms with Gasteiger partial charge in [-0.25, -0.2) is 0 Å². The molecular formula is C6H14O5. The maximum absolute atomic E-state index is 9.76. The predicted molar refractivity (Wildman–Crippen MR) is 37.9 cm³/mol. The third-order valence-electron chi connectivity index (χ3n) is 1.07. The van der Waals surface area contributed by atoms with Gasteiger partial charge in [0.15, 0.2) is 6.29 Å². The Hall–Kier alpha value is -0.490. The minimum atomic E-state index is -1.64. The molecule has 0 aromatic heterocycles. The summed E-state index contributed by atoms with van der Waals surface area (Å²) in [6.45, 7) is -0.688. The number of aldehydes is 1. The highest BCUT2D eigenvalue weighted by Crippen LogP contribution is 1.96. The summed E-state index contributed by atoms with van der Waals surface area (Å²) in [6, 6.07) is 0. The normalized spacial score (nSPS) is 17.8. The molecular weight excluding hydrogens is 152 g/mol. The maximum atomic E-state index is 9.76. The largest absolute Gasteiger partial charge is 0.394 e. The van der Waals surface area contributed by atoms with Crippen LogP contribution in [0.3, 0.4) is 0 Å². The van der Waals surface area contributed by atoms with Crippen LogP contribution in [0, 0.1) is 0 Å². The Balaban J connectivity index is 0. The van der Waals surface area contributed by atoms with Crippen LogP contribution < -0.4 is 0 Å². The Labute approximate surface area is 64.9 Å². The van der Waals surface area contributed by atoms with Crippen molar-refractivity contribution < 1.29 is 25.2 Å². The van der Waals surface area contributed by atoms with Gasteiger partial charge >= 0.3 is 0 Å². The fourth-order valence-corrected chi connectivity index (χ4v) is 0.416.